The fourth-order valence-corrected chi connectivity index (χ4v) is 2.39. The summed E-state index contributed by atoms with van der Waals surface area (Å²) in [5, 5.41) is 3.45. The van der Waals surface area contributed by atoms with E-state index in [9.17, 15) is 0 Å². The zero-order valence-corrected chi connectivity index (χ0v) is 6.66. The SMILES string of the molecule is C1=CCCC2NCSC2=C1. The van der Waals surface area contributed by atoms with Crippen LogP contribution in [0.4, 0.5) is 0 Å². The second-order valence-corrected chi connectivity index (χ2v) is 3.67. The van der Waals surface area contributed by atoms with Gasteiger partial charge in [0.1, 0.15) is 0 Å². The van der Waals surface area contributed by atoms with Crippen molar-refractivity contribution < 1.29 is 0 Å². The third-order valence-corrected chi connectivity index (χ3v) is 3.00. The summed E-state index contributed by atoms with van der Waals surface area (Å²) in [4.78, 5) is 1.52. The number of nitrogens with one attached hydrogen (secondary N) is 1. The molecule has 0 amide bonds. The van der Waals surface area contributed by atoms with Crippen molar-refractivity contribution in [2.75, 3.05) is 5.88 Å². The smallest absolute Gasteiger partial charge is 0.0468 e. The highest BCUT2D eigenvalue weighted by atomic mass is 32.2. The van der Waals surface area contributed by atoms with Crippen LogP contribution in [0.3, 0.4) is 0 Å². The first-order valence-electron chi connectivity index (χ1n) is 3.70. The third kappa shape index (κ3) is 1.13. The van der Waals surface area contributed by atoms with Gasteiger partial charge in [-0.3, -0.25) is 0 Å². The molecule has 0 bridgehead atoms. The van der Waals surface area contributed by atoms with Crippen LogP contribution in [0.15, 0.2) is 23.1 Å². The van der Waals surface area contributed by atoms with E-state index in [4.69, 9.17) is 0 Å². The van der Waals surface area contributed by atoms with E-state index in [0.717, 1.165) is 5.88 Å². The lowest BCUT2D eigenvalue weighted by atomic mass is 10.2. The summed E-state index contributed by atoms with van der Waals surface area (Å²) in [6, 6.07) is 0.667. The Bertz CT molecular complexity index is 184. The van der Waals surface area contributed by atoms with Gasteiger partial charge in [-0.25, -0.2) is 0 Å². The maximum Gasteiger partial charge on any atom is 0.0468 e. The molecule has 1 saturated heterocycles. The van der Waals surface area contributed by atoms with Gasteiger partial charge in [-0.15, -0.1) is 11.8 Å². The summed E-state index contributed by atoms with van der Waals surface area (Å²) in [7, 11) is 0. The van der Waals surface area contributed by atoms with Crippen molar-refractivity contribution in [3.8, 4) is 0 Å². The molecule has 10 heavy (non-hydrogen) atoms. The molecule has 1 heterocycles. The molecule has 1 aliphatic heterocycles. The van der Waals surface area contributed by atoms with Gasteiger partial charge < -0.3 is 5.32 Å². The Balaban J connectivity index is 2.18. The van der Waals surface area contributed by atoms with Crippen LogP contribution in [0.2, 0.25) is 0 Å². The molecular weight excluding hydrogens is 142 g/mol. The van der Waals surface area contributed by atoms with Crippen molar-refractivity contribution in [3.63, 3.8) is 0 Å². The Morgan fingerprint density at radius 3 is 3.60 bits per heavy atom. The molecule has 0 radical (unpaired) electrons. The van der Waals surface area contributed by atoms with Gasteiger partial charge in [-0.2, -0.15) is 0 Å². The molecule has 1 unspecified atom stereocenters. The Kier molecular flexibility index (Phi) is 1.82. The Morgan fingerprint density at radius 2 is 2.60 bits per heavy atom. The van der Waals surface area contributed by atoms with Crippen LogP contribution in [-0.2, 0) is 0 Å². The lowest BCUT2D eigenvalue weighted by molar-refractivity contribution is 0.624. The minimum atomic E-state index is 0.667. The molecule has 0 aromatic carbocycles. The van der Waals surface area contributed by atoms with E-state index in [1.54, 1.807) is 0 Å². The van der Waals surface area contributed by atoms with Crippen molar-refractivity contribution in [1.29, 1.82) is 0 Å². The molecule has 1 N–H and O–H groups in total. The van der Waals surface area contributed by atoms with Gasteiger partial charge in [0.2, 0.25) is 0 Å². The van der Waals surface area contributed by atoms with Gasteiger partial charge in [-0.05, 0) is 12.8 Å². The van der Waals surface area contributed by atoms with Crippen LogP contribution in [0.25, 0.3) is 0 Å². The van der Waals surface area contributed by atoms with Gasteiger partial charge in [0.15, 0.2) is 0 Å². The number of hydrogen-bond donors (Lipinski definition) is 1. The molecule has 1 fully saturated rings. The van der Waals surface area contributed by atoms with Gasteiger partial charge in [0.25, 0.3) is 0 Å². The van der Waals surface area contributed by atoms with Gasteiger partial charge >= 0.3 is 0 Å². The highest BCUT2D eigenvalue weighted by molar-refractivity contribution is 8.03. The first-order chi connectivity index (χ1) is 4.97. The molecule has 0 spiro atoms. The van der Waals surface area contributed by atoms with Gasteiger partial charge in [-0.1, -0.05) is 18.2 Å². The van der Waals surface area contributed by atoms with Crippen molar-refractivity contribution in [3.05, 3.63) is 23.1 Å². The first kappa shape index (κ1) is 6.50. The quantitative estimate of drug-likeness (QED) is 0.570. The molecule has 0 aromatic heterocycles. The van der Waals surface area contributed by atoms with Crippen molar-refractivity contribution in [1.82, 2.24) is 5.32 Å². The van der Waals surface area contributed by atoms with Crippen molar-refractivity contribution in [2.24, 2.45) is 0 Å². The maximum absolute atomic E-state index is 3.45. The van der Waals surface area contributed by atoms with Crippen LogP contribution in [0, 0.1) is 0 Å². The van der Waals surface area contributed by atoms with Crippen LogP contribution in [0.1, 0.15) is 12.8 Å². The highest BCUT2D eigenvalue weighted by Crippen LogP contribution is 2.29. The number of thioether (sulfide) groups is 1. The fraction of sp³-hybridized carbons (Fsp3) is 0.500. The van der Waals surface area contributed by atoms with Crippen molar-refractivity contribution in [2.45, 2.75) is 18.9 Å². The summed E-state index contributed by atoms with van der Waals surface area (Å²) >= 11 is 1.94. The van der Waals surface area contributed by atoms with Gasteiger partial charge in [0, 0.05) is 16.8 Å². The Labute approximate surface area is 65.6 Å². The zero-order chi connectivity index (χ0) is 6.81. The molecular formula is C8H11NS. The summed E-state index contributed by atoms with van der Waals surface area (Å²) < 4.78 is 0. The van der Waals surface area contributed by atoms with Crippen LogP contribution in [0.5, 0.6) is 0 Å². The third-order valence-electron chi connectivity index (χ3n) is 1.93. The Hall–Kier alpha value is -0.210. The summed E-state index contributed by atoms with van der Waals surface area (Å²) in [5.74, 6) is 1.10. The number of hydrogen-bond acceptors (Lipinski definition) is 2. The monoisotopic (exact) mass is 153 g/mol. The van der Waals surface area contributed by atoms with Gasteiger partial charge in [0.05, 0.1) is 0 Å². The number of allylic oxidation sites excluding steroid dienone is 3. The molecule has 1 aliphatic carbocycles. The standard InChI is InChI=1S/C8H11NS/c1-2-4-7-8(5-3-1)10-6-9-7/h1,3,5,7,9H,2,4,6H2. The average Bonchev–Trinajstić information content (AvgIpc) is 2.28. The van der Waals surface area contributed by atoms with E-state index in [1.807, 2.05) is 11.8 Å². The second kappa shape index (κ2) is 2.81. The van der Waals surface area contributed by atoms with E-state index < -0.39 is 0 Å². The molecule has 2 rings (SSSR count). The zero-order valence-electron chi connectivity index (χ0n) is 5.84. The van der Waals surface area contributed by atoms with E-state index in [2.05, 4.69) is 23.5 Å². The van der Waals surface area contributed by atoms with Crippen LogP contribution < -0.4 is 5.32 Å². The maximum atomic E-state index is 3.45. The normalized spacial score (nSPS) is 31.2. The molecule has 0 aromatic rings. The minimum absolute atomic E-state index is 0.667. The predicted molar refractivity (Wildman–Crippen MR) is 45.8 cm³/mol. The predicted octanol–water partition coefficient (Wildman–Crippen LogP) is 1.88. The summed E-state index contributed by atoms with van der Waals surface area (Å²) in [6.45, 7) is 0. The highest BCUT2D eigenvalue weighted by Gasteiger charge is 2.19. The van der Waals surface area contributed by atoms with Crippen LogP contribution in [-0.4, -0.2) is 11.9 Å². The molecule has 54 valence electrons. The number of rotatable bonds is 0. The topological polar surface area (TPSA) is 12.0 Å². The molecule has 2 aliphatic rings. The lowest BCUT2D eigenvalue weighted by Crippen LogP contribution is -2.21. The van der Waals surface area contributed by atoms with E-state index >= 15 is 0 Å². The molecule has 0 saturated carbocycles. The van der Waals surface area contributed by atoms with Crippen molar-refractivity contribution >= 4 is 11.8 Å². The second-order valence-electron chi connectivity index (χ2n) is 2.62. The van der Waals surface area contributed by atoms with E-state index in [-0.39, 0.29) is 0 Å². The molecule has 2 heteroatoms. The largest absolute Gasteiger partial charge is 0.300 e. The van der Waals surface area contributed by atoms with E-state index in [1.165, 1.54) is 17.7 Å². The molecule has 1 atom stereocenters. The Morgan fingerprint density at radius 1 is 1.60 bits per heavy atom. The number of fused-ring (bicyclic) bond motifs is 1. The summed E-state index contributed by atoms with van der Waals surface area (Å²) in [5.41, 5.74) is 0. The van der Waals surface area contributed by atoms with E-state index in [0.29, 0.717) is 6.04 Å². The van der Waals surface area contributed by atoms with Crippen LogP contribution >= 0.6 is 11.8 Å². The average molecular weight is 153 g/mol. The first-order valence-corrected chi connectivity index (χ1v) is 4.68. The lowest BCUT2D eigenvalue weighted by Gasteiger charge is -2.06. The summed E-state index contributed by atoms with van der Waals surface area (Å²) in [6.07, 6.45) is 9.15. The minimum Gasteiger partial charge on any atom is -0.300 e. The fourth-order valence-electron chi connectivity index (χ4n) is 1.36. The molecule has 1 nitrogen and oxygen atoms in total.